The van der Waals surface area contributed by atoms with Crippen LogP contribution in [0.5, 0.6) is 0 Å². The lowest BCUT2D eigenvalue weighted by atomic mass is 9.96. The molecule has 0 aromatic carbocycles. The average Bonchev–Trinajstić information content (AvgIpc) is 2.02. The van der Waals surface area contributed by atoms with E-state index >= 15 is 0 Å². The Balaban J connectivity index is 2.33. The van der Waals surface area contributed by atoms with Gasteiger partial charge in [0, 0.05) is 6.04 Å². The zero-order valence-electron chi connectivity index (χ0n) is 8.64. The molecular weight excluding hydrogens is 162 g/mol. The molecule has 0 unspecified atom stereocenters. The molecule has 1 rings (SSSR count). The second kappa shape index (κ2) is 4.22. The van der Waals surface area contributed by atoms with E-state index in [0.29, 0.717) is 6.04 Å². The molecule has 0 amide bonds. The molecule has 0 bridgehead atoms. The first-order chi connectivity index (χ1) is 5.58. The third-order valence-corrected chi connectivity index (χ3v) is 3.17. The average molecular weight is 183 g/mol. The molecule has 0 aliphatic heterocycles. The van der Waals surface area contributed by atoms with Gasteiger partial charge in [-0.1, -0.05) is 38.9 Å². The molecule has 0 heterocycles. The quantitative estimate of drug-likeness (QED) is 0.460. The van der Waals surface area contributed by atoms with E-state index in [1.165, 1.54) is 32.1 Å². The third kappa shape index (κ3) is 4.05. The fourth-order valence-corrected chi connectivity index (χ4v) is 2.22. The maximum Gasteiger partial charge on any atom is 0.0911 e. The van der Waals surface area contributed by atoms with Gasteiger partial charge in [-0.2, -0.15) is 0 Å². The zero-order chi connectivity index (χ0) is 9.03. The van der Waals surface area contributed by atoms with Gasteiger partial charge in [-0.15, -0.1) is 0 Å². The summed E-state index contributed by atoms with van der Waals surface area (Å²) in [7, 11) is -1.03. The lowest BCUT2D eigenvalue weighted by Crippen LogP contribution is -2.24. The van der Waals surface area contributed by atoms with Crippen molar-refractivity contribution in [1.82, 2.24) is 0 Å². The summed E-state index contributed by atoms with van der Waals surface area (Å²) in [5, 5.41) is 0. The Hall–Kier alpha value is -0.113. The van der Waals surface area contributed by atoms with Crippen molar-refractivity contribution in [2.45, 2.75) is 57.8 Å². The molecule has 0 atom stereocenters. The van der Waals surface area contributed by atoms with Gasteiger partial charge in [-0.3, -0.25) is 4.99 Å². The molecule has 70 valence electrons. The normalized spacial score (nSPS) is 21.9. The number of hydrogen-bond donors (Lipinski definition) is 0. The van der Waals surface area contributed by atoms with Crippen molar-refractivity contribution in [3.63, 3.8) is 0 Å². The highest BCUT2D eigenvalue weighted by atomic mass is 28.3. The van der Waals surface area contributed by atoms with Crippen LogP contribution in [-0.2, 0) is 0 Å². The standard InChI is InChI=1S/C10H21NSi/c1-12(2,3)9-11-10-7-5-4-6-8-10/h9-10H,4-8H2,1-3H3. The highest BCUT2D eigenvalue weighted by Crippen LogP contribution is 2.20. The molecule has 0 spiro atoms. The molecule has 2 heteroatoms. The number of aliphatic imine (C=N–C) groups is 1. The van der Waals surface area contributed by atoms with E-state index in [4.69, 9.17) is 4.99 Å². The van der Waals surface area contributed by atoms with Crippen LogP contribution in [0.1, 0.15) is 32.1 Å². The largest absolute Gasteiger partial charge is 0.299 e. The van der Waals surface area contributed by atoms with E-state index in [9.17, 15) is 0 Å². The molecule has 0 saturated heterocycles. The van der Waals surface area contributed by atoms with Crippen molar-refractivity contribution in [1.29, 1.82) is 0 Å². The Labute approximate surface area is 77.3 Å². The van der Waals surface area contributed by atoms with Crippen molar-refractivity contribution in [2.24, 2.45) is 4.99 Å². The van der Waals surface area contributed by atoms with Gasteiger partial charge >= 0.3 is 0 Å². The highest BCUT2D eigenvalue weighted by Gasteiger charge is 2.13. The fourth-order valence-electron chi connectivity index (χ4n) is 1.56. The first-order valence-corrected chi connectivity index (χ1v) is 8.70. The third-order valence-electron chi connectivity index (χ3n) is 2.25. The van der Waals surface area contributed by atoms with E-state index in [2.05, 4.69) is 25.5 Å². The van der Waals surface area contributed by atoms with Crippen LogP contribution >= 0.6 is 0 Å². The summed E-state index contributed by atoms with van der Waals surface area (Å²) < 4.78 is 0. The molecule has 1 aliphatic carbocycles. The Morgan fingerprint density at radius 3 is 2.17 bits per heavy atom. The minimum Gasteiger partial charge on any atom is -0.299 e. The van der Waals surface area contributed by atoms with Crippen molar-refractivity contribution in [3.8, 4) is 0 Å². The summed E-state index contributed by atoms with van der Waals surface area (Å²) in [5.41, 5.74) is 0. The summed E-state index contributed by atoms with van der Waals surface area (Å²) in [4.78, 5) is 4.69. The zero-order valence-corrected chi connectivity index (χ0v) is 9.64. The first-order valence-electron chi connectivity index (χ1n) is 5.12. The Morgan fingerprint density at radius 1 is 1.08 bits per heavy atom. The van der Waals surface area contributed by atoms with Gasteiger partial charge < -0.3 is 0 Å². The Kier molecular flexibility index (Phi) is 3.50. The molecule has 0 N–H and O–H groups in total. The SMILES string of the molecule is C[Si](C)(C)C=NC1CCCCC1. The van der Waals surface area contributed by atoms with E-state index in [1.807, 2.05) is 0 Å². The van der Waals surface area contributed by atoms with Crippen LogP contribution in [0.3, 0.4) is 0 Å². The Morgan fingerprint density at radius 2 is 1.67 bits per heavy atom. The maximum absolute atomic E-state index is 4.69. The number of nitrogens with zero attached hydrogens (tertiary/aromatic N) is 1. The summed E-state index contributed by atoms with van der Waals surface area (Å²) in [5.74, 6) is 2.27. The molecule has 0 aromatic rings. The first kappa shape index (κ1) is 9.97. The monoisotopic (exact) mass is 183 g/mol. The van der Waals surface area contributed by atoms with Gasteiger partial charge in [0.25, 0.3) is 0 Å². The predicted molar refractivity (Wildman–Crippen MR) is 58.7 cm³/mol. The minimum absolute atomic E-state index is 0.672. The van der Waals surface area contributed by atoms with Crippen LogP contribution in [-0.4, -0.2) is 20.0 Å². The summed E-state index contributed by atoms with van der Waals surface area (Å²) in [6.45, 7) is 7.04. The Bertz CT molecular complexity index is 152. The lowest BCUT2D eigenvalue weighted by molar-refractivity contribution is 0.444. The highest BCUT2D eigenvalue weighted by molar-refractivity contribution is 6.99. The molecule has 1 saturated carbocycles. The maximum atomic E-state index is 4.69. The predicted octanol–water partition coefficient (Wildman–Crippen LogP) is 3.27. The number of hydrogen-bond acceptors (Lipinski definition) is 1. The van der Waals surface area contributed by atoms with Gasteiger partial charge in [-0.05, 0) is 18.7 Å². The smallest absolute Gasteiger partial charge is 0.0911 e. The molecule has 0 radical (unpaired) electrons. The van der Waals surface area contributed by atoms with Crippen LogP contribution in [0.2, 0.25) is 19.6 Å². The summed E-state index contributed by atoms with van der Waals surface area (Å²) >= 11 is 0. The minimum atomic E-state index is -1.03. The summed E-state index contributed by atoms with van der Waals surface area (Å²) in [6.07, 6.45) is 6.89. The summed E-state index contributed by atoms with van der Waals surface area (Å²) in [6, 6.07) is 0.672. The topological polar surface area (TPSA) is 12.4 Å². The van der Waals surface area contributed by atoms with E-state index in [-0.39, 0.29) is 0 Å². The van der Waals surface area contributed by atoms with Gasteiger partial charge in [0.2, 0.25) is 0 Å². The van der Waals surface area contributed by atoms with Crippen LogP contribution < -0.4 is 0 Å². The molecule has 1 fully saturated rings. The molecule has 12 heavy (non-hydrogen) atoms. The van der Waals surface area contributed by atoms with E-state index < -0.39 is 8.07 Å². The fraction of sp³-hybridized carbons (Fsp3) is 0.900. The second-order valence-electron chi connectivity index (χ2n) is 4.94. The van der Waals surface area contributed by atoms with Crippen molar-refractivity contribution in [2.75, 3.05) is 0 Å². The second-order valence-corrected chi connectivity index (χ2v) is 9.93. The van der Waals surface area contributed by atoms with Crippen LogP contribution in [0.15, 0.2) is 4.99 Å². The van der Waals surface area contributed by atoms with E-state index in [0.717, 1.165) is 0 Å². The molecule has 1 aliphatic rings. The van der Waals surface area contributed by atoms with Crippen molar-refractivity contribution < 1.29 is 0 Å². The van der Waals surface area contributed by atoms with Crippen LogP contribution in [0.25, 0.3) is 0 Å². The molecule has 1 nitrogen and oxygen atoms in total. The van der Waals surface area contributed by atoms with Gasteiger partial charge in [0.05, 0.1) is 8.07 Å². The molecular formula is C10H21NSi. The van der Waals surface area contributed by atoms with Gasteiger partial charge in [-0.25, -0.2) is 0 Å². The van der Waals surface area contributed by atoms with E-state index in [1.54, 1.807) is 0 Å². The van der Waals surface area contributed by atoms with Crippen LogP contribution in [0, 0.1) is 0 Å². The van der Waals surface area contributed by atoms with Crippen molar-refractivity contribution in [3.05, 3.63) is 0 Å². The lowest BCUT2D eigenvalue weighted by Gasteiger charge is -2.18. The number of rotatable bonds is 2. The van der Waals surface area contributed by atoms with Crippen molar-refractivity contribution >= 4 is 13.9 Å². The molecule has 0 aromatic heterocycles. The van der Waals surface area contributed by atoms with Gasteiger partial charge in [0.15, 0.2) is 0 Å². The van der Waals surface area contributed by atoms with Gasteiger partial charge in [0.1, 0.15) is 0 Å². The van der Waals surface area contributed by atoms with Crippen LogP contribution in [0.4, 0.5) is 0 Å².